The average molecular weight is 313 g/mol. The van der Waals surface area contributed by atoms with E-state index in [1.54, 1.807) is 0 Å². The van der Waals surface area contributed by atoms with Gasteiger partial charge in [-0.1, -0.05) is 31.9 Å². The van der Waals surface area contributed by atoms with Crippen LogP contribution in [0.4, 0.5) is 0 Å². The molecule has 5 atom stereocenters. The number of alkyl halides is 1. The van der Waals surface area contributed by atoms with Gasteiger partial charge in [-0.25, -0.2) is 4.79 Å². The highest BCUT2D eigenvalue weighted by Crippen LogP contribution is 2.64. The molecule has 1 N–H and O–H groups in total. The van der Waals surface area contributed by atoms with Gasteiger partial charge in [0, 0.05) is 0 Å². The third-order valence-corrected chi connectivity index (χ3v) is 6.96. The molecule has 0 unspecified atom stereocenters. The van der Waals surface area contributed by atoms with Crippen molar-refractivity contribution in [1.29, 1.82) is 0 Å². The molecule has 1 aliphatic heterocycles. The molecular weight excluding hydrogens is 288 g/mol. The van der Waals surface area contributed by atoms with E-state index in [0.29, 0.717) is 5.92 Å². The van der Waals surface area contributed by atoms with Crippen LogP contribution in [0.2, 0.25) is 0 Å². The zero-order chi connectivity index (χ0) is 15.7. The van der Waals surface area contributed by atoms with E-state index < -0.39 is 22.6 Å². The van der Waals surface area contributed by atoms with Gasteiger partial charge in [0.1, 0.15) is 5.60 Å². The summed E-state index contributed by atoms with van der Waals surface area (Å²) in [7, 11) is 0. The van der Waals surface area contributed by atoms with Crippen LogP contribution in [0.5, 0.6) is 0 Å². The summed E-state index contributed by atoms with van der Waals surface area (Å²) >= 11 is 5.98. The number of hydrogen-bond acceptors (Lipinski definition) is 3. The van der Waals surface area contributed by atoms with E-state index in [1.165, 1.54) is 18.4 Å². The maximum atomic E-state index is 12.3. The standard InChI is InChI=1S/C17H25ClO3/c1-11-6-5-7-14(2)9-16(4)15(3,8-12(11)14)17(20,10-18)13(19)21-16/h8,11,20H,5-7,9-10H2,1-4H3/t11-,14+,15-,16+,17-/m0/s1. The predicted octanol–water partition coefficient (Wildman–Crippen LogP) is 3.43. The van der Waals surface area contributed by atoms with Crippen molar-refractivity contribution in [2.45, 2.75) is 64.6 Å². The first-order valence-corrected chi connectivity index (χ1v) is 8.40. The van der Waals surface area contributed by atoms with Crippen molar-refractivity contribution in [1.82, 2.24) is 0 Å². The maximum absolute atomic E-state index is 12.3. The summed E-state index contributed by atoms with van der Waals surface area (Å²) in [6.07, 6.45) is 6.38. The zero-order valence-electron chi connectivity index (χ0n) is 13.3. The van der Waals surface area contributed by atoms with Gasteiger partial charge in [0.25, 0.3) is 0 Å². The number of aliphatic hydroxyl groups is 1. The Morgan fingerprint density at radius 1 is 1.43 bits per heavy atom. The highest BCUT2D eigenvalue weighted by molar-refractivity contribution is 6.20. The Kier molecular flexibility index (Phi) is 3.11. The van der Waals surface area contributed by atoms with Gasteiger partial charge in [0.15, 0.2) is 5.60 Å². The fourth-order valence-electron chi connectivity index (χ4n) is 4.99. The van der Waals surface area contributed by atoms with Crippen LogP contribution in [-0.4, -0.2) is 28.2 Å². The van der Waals surface area contributed by atoms with E-state index in [4.69, 9.17) is 16.3 Å². The minimum absolute atomic E-state index is 0.0593. The number of ether oxygens (including phenoxy) is 1. The molecule has 4 heteroatoms. The third kappa shape index (κ3) is 1.68. The van der Waals surface area contributed by atoms with Crippen LogP contribution < -0.4 is 0 Å². The number of allylic oxidation sites excluding steroid dienone is 1. The lowest BCUT2D eigenvalue weighted by molar-refractivity contribution is -0.158. The second-order valence-electron chi connectivity index (χ2n) is 7.95. The van der Waals surface area contributed by atoms with Crippen LogP contribution in [0, 0.1) is 16.7 Å². The molecule has 0 bridgehead atoms. The first-order chi connectivity index (χ1) is 9.62. The van der Waals surface area contributed by atoms with Gasteiger partial charge in [0.2, 0.25) is 0 Å². The summed E-state index contributed by atoms with van der Waals surface area (Å²) in [5, 5.41) is 10.9. The molecule has 0 aromatic rings. The number of carbonyl (C=O) groups is 1. The van der Waals surface area contributed by atoms with Gasteiger partial charge in [-0.2, -0.15) is 0 Å². The van der Waals surface area contributed by atoms with E-state index in [1.807, 2.05) is 13.8 Å². The highest BCUT2D eigenvalue weighted by Gasteiger charge is 2.72. The number of esters is 1. The Balaban J connectivity index is 2.20. The van der Waals surface area contributed by atoms with Gasteiger partial charge in [-0.05, 0) is 44.4 Å². The van der Waals surface area contributed by atoms with Crippen molar-refractivity contribution in [2.75, 3.05) is 5.88 Å². The van der Waals surface area contributed by atoms with Crippen molar-refractivity contribution in [3.63, 3.8) is 0 Å². The number of hydrogen-bond donors (Lipinski definition) is 1. The van der Waals surface area contributed by atoms with Crippen LogP contribution in [0.25, 0.3) is 0 Å². The largest absolute Gasteiger partial charge is 0.456 e. The maximum Gasteiger partial charge on any atom is 0.341 e. The van der Waals surface area contributed by atoms with Crippen LogP contribution in [0.15, 0.2) is 11.6 Å². The normalized spacial score (nSPS) is 52.8. The summed E-state index contributed by atoms with van der Waals surface area (Å²) < 4.78 is 5.69. The smallest absolute Gasteiger partial charge is 0.341 e. The summed E-state index contributed by atoms with van der Waals surface area (Å²) in [4.78, 5) is 12.3. The Hall–Kier alpha value is -0.540. The quantitative estimate of drug-likeness (QED) is 0.458. The predicted molar refractivity (Wildman–Crippen MR) is 82.1 cm³/mol. The molecule has 3 aliphatic rings. The lowest BCUT2D eigenvalue weighted by atomic mass is 9.51. The fourth-order valence-corrected chi connectivity index (χ4v) is 5.37. The SMILES string of the molecule is C[C@H]1CCC[C@]2(C)C[C@@]3(C)OC(=O)[C@@](O)(CCl)[C@@]3(C)C=C12. The molecule has 0 amide bonds. The molecule has 1 saturated carbocycles. The molecule has 3 rings (SSSR count). The molecule has 2 aliphatic carbocycles. The average Bonchev–Trinajstić information content (AvgIpc) is 2.54. The molecule has 118 valence electrons. The first kappa shape index (κ1) is 15.4. The Labute approximate surface area is 131 Å². The van der Waals surface area contributed by atoms with Crippen molar-refractivity contribution in [3.8, 4) is 0 Å². The number of halogens is 1. The van der Waals surface area contributed by atoms with Crippen LogP contribution >= 0.6 is 11.6 Å². The molecule has 0 aromatic carbocycles. The zero-order valence-corrected chi connectivity index (χ0v) is 14.1. The Morgan fingerprint density at radius 3 is 2.71 bits per heavy atom. The molecule has 3 nitrogen and oxygen atoms in total. The Bertz CT molecular complexity index is 530. The van der Waals surface area contributed by atoms with Crippen LogP contribution in [-0.2, 0) is 9.53 Å². The van der Waals surface area contributed by atoms with Crippen molar-refractivity contribution < 1.29 is 14.6 Å². The summed E-state index contributed by atoms with van der Waals surface area (Å²) in [5.41, 5.74) is -1.66. The number of carbonyl (C=O) groups excluding carboxylic acids is 1. The van der Waals surface area contributed by atoms with Gasteiger partial charge in [0.05, 0.1) is 11.3 Å². The lowest BCUT2D eigenvalue weighted by Gasteiger charge is -2.54. The van der Waals surface area contributed by atoms with Crippen molar-refractivity contribution in [2.24, 2.45) is 16.7 Å². The third-order valence-electron chi connectivity index (χ3n) is 6.57. The number of fused-ring (bicyclic) bond motifs is 2. The van der Waals surface area contributed by atoms with Gasteiger partial charge < -0.3 is 9.84 Å². The molecule has 0 radical (unpaired) electrons. The second-order valence-corrected chi connectivity index (χ2v) is 8.21. The molecule has 0 aromatic heterocycles. The molecule has 1 saturated heterocycles. The molecule has 2 fully saturated rings. The van der Waals surface area contributed by atoms with Crippen LogP contribution in [0.3, 0.4) is 0 Å². The lowest BCUT2D eigenvalue weighted by Crippen LogP contribution is -2.58. The summed E-state index contributed by atoms with van der Waals surface area (Å²) in [6, 6.07) is 0. The highest BCUT2D eigenvalue weighted by atomic mass is 35.5. The van der Waals surface area contributed by atoms with E-state index in [9.17, 15) is 9.90 Å². The van der Waals surface area contributed by atoms with Crippen molar-refractivity contribution in [3.05, 3.63) is 11.6 Å². The van der Waals surface area contributed by atoms with Crippen molar-refractivity contribution >= 4 is 17.6 Å². The summed E-state index contributed by atoms with van der Waals surface area (Å²) in [5.74, 6) is -0.220. The van der Waals surface area contributed by atoms with E-state index >= 15 is 0 Å². The Morgan fingerprint density at radius 2 is 2.10 bits per heavy atom. The molecule has 0 spiro atoms. The minimum Gasteiger partial charge on any atom is -0.456 e. The fraction of sp³-hybridized carbons (Fsp3) is 0.824. The molecular formula is C17H25ClO3. The molecule has 21 heavy (non-hydrogen) atoms. The summed E-state index contributed by atoms with van der Waals surface area (Å²) in [6.45, 7) is 8.39. The van der Waals surface area contributed by atoms with Crippen LogP contribution in [0.1, 0.15) is 53.4 Å². The van der Waals surface area contributed by atoms with Gasteiger partial charge in [-0.15, -0.1) is 11.6 Å². The first-order valence-electron chi connectivity index (χ1n) is 7.87. The van der Waals surface area contributed by atoms with E-state index in [-0.39, 0.29) is 11.3 Å². The molecule has 1 heterocycles. The number of rotatable bonds is 1. The van der Waals surface area contributed by atoms with E-state index in [0.717, 1.165) is 12.8 Å². The minimum atomic E-state index is -1.63. The monoisotopic (exact) mass is 312 g/mol. The van der Waals surface area contributed by atoms with Gasteiger partial charge in [-0.3, -0.25) is 0 Å². The second kappa shape index (κ2) is 4.26. The van der Waals surface area contributed by atoms with Gasteiger partial charge >= 0.3 is 5.97 Å². The van der Waals surface area contributed by atoms with E-state index in [2.05, 4.69) is 19.9 Å². The topological polar surface area (TPSA) is 46.5 Å².